The summed E-state index contributed by atoms with van der Waals surface area (Å²) in [4.78, 5) is 17.7. The number of aryl methyl sites for hydroxylation is 1. The summed E-state index contributed by atoms with van der Waals surface area (Å²) < 4.78 is 76.9. The van der Waals surface area contributed by atoms with E-state index in [2.05, 4.69) is 19.9 Å². The van der Waals surface area contributed by atoms with E-state index in [9.17, 15) is 26.7 Å². The lowest BCUT2D eigenvalue weighted by molar-refractivity contribution is -0.0498. The standard InChI is InChI=1S/C24H16F5N5O3/c1-33-10-13-8-14(4-7-17(13)31-33)34-23(35)20(12-2-5-15(6-3-12)37-24(28)29)21-18(32-34)9-16(25)22(30-21)36-11-19(26)27/h2-10,19,24H,11H2,1H3. The summed E-state index contributed by atoms with van der Waals surface area (Å²) in [7, 11) is 1.74. The van der Waals surface area contributed by atoms with Gasteiger partial charge in [-0.25, -0.2) is 18.2 Å². The average Bonchev–Trinajstić information content (AvgIpc) is 3.22. The smallest absolute Gasteiger partial charge is 0.387 e. The topological polar surface area (TPSA) is 84.1 Å². The fourth-order valence-corrected chi connectivity index (χ4v) is 3.83. The number of nitrogens with zero attached hydrogens (tertiary/aromatic N) is 5. The lowest BCUT2D eigenvalue weighted by atomic mass is 10.1. The molecule has 0 aliphatic carbocycles. The number of hydrogen-bond donors (Lipinski definition) is 0. The van der Waals surface area contributed by atoms with Crippen molar-refractivity contribution < 1.29 is 31.4 Å². The predicted molar refractivity (Wildman–Crippen MR) is 123 cm³/mol. The highest BCUT2D eigenvalue weighted by molar-refractivity contribution is 5.91. The van der Waals surface area contributed by atoms with Gasteiger partial charge < -0.3 is 9.47 Å². The molecule has 0 aliphatic rings. The van der Waals surface area contributed by atoms with E-state index in [0.29, 0.717) is 16.6 Å². The minimum Gasteiger partial charge on any atom is -0.470 e. The maximum absolute atomic E-state index is 14.7. The average molecular weight is 517 g/mol. The maximum Gasteiger partial charge on any atom is 0.387 e. The second-order valence-electron chi connectivity index (χ2n) is 7.89. The molecule has 5 aromatic rings. The third-order valence-electron chi connectivity index (χ3n) is 5.34. The Kier molecular flexibility index (Phi) is 6.19. The summed E-state index contributed by atoms with van der Waals surface area (Å²) in [6, 6.07) is 11.0. The van der Waals surface area contributed by atoms with Crippen LogP contribution in [-0.2, 0) is 7.05 Å². The Morgan fingerprint density at radius 1 is 0.973 bits per heavy atom. The zero-order chi connectivity index (χ0) is 26.3. The van der Waals surface area contributed by atoms with Gasteiger partial charge in [-0.1, -0.05) is 12.1 Å². The van der Waals surface area contributed by atoms with Crippen LogP contribution in [0.2, 0.25) is 0 Å². The van der Waals surface area contributed by atoms with Crippen LogP contribution in [-0.4, -0.2) is 44.2 Å². The lowest BCUT2D eigenvalue weighted by Gasteiger charge is -2.13. The monoisotopic (exact) mass is 517 g/mol. The first kappa shape index (κ1) is 24.2. The molecule has 0 saturated carbocycles. The lowest BCUT2D eigenvalue weighted by Crippen LogP contribution is -2.24. The van der Waals surface area contributed by atoms with Gasteiger partial charge in [0.05, 0.1) is 16.8 Å². The van der Waals surface area contributed by atoms with Crippen molar-refractivity contribution >= 4 is 21.9 Å². The molecule has 37 heavy (non-hydrogen) atoms. The fourth-order valence-electron chi connectivity index (χ4n) is 3.83. The predicted octanol–water partition coefficient (Wildman–Crippen LogP) is 4.72. The highest BCUT2D eigenvalue weighted by Gasteiger charge is 2.21. The third kappa shape index (κ3) is 4.79. The fraction of sp³-hybridized carbons (Fsp3) is 0.167. The largest absolute Gasteiger partial charge is 0.470 e. The third-order valence-corrected chi connectivity index (χ3v) is 5.34. The summed E-state index contributed by atoms with van der Waals surface area (Å²) in [5.41, 5.74) is 0.258. The van der Waals surface area contributed by atoms with E-state index < -0.39 is 36.9 Å². The molecule has 0 radical (unpaired) electrons. The molecule has 0 aliphatic heterocycles. The Morgan fingerprint density at radius 3 is 2.43 bits per heavy atom. The summed E-state index contributed by atoms with van der Waals surface area (Å²) in [5.74, 6) is -1.94. The Morgan fingerprint density at radius 2 is 1.73 bits per heavy atom. The van der Waals surface area contributed by atoms with E-state index in [1.54, 1.807) is 36.1 Å². The number of aromatic nitrogens is 5. The molecule has 8 nitrogen and oxygen atoms in total. The maximum atomic E-state index is 14.7. The van der Waals surface area contributed by atoms with Crippen molar-refractivity contribution in [1.29, 1.82) is 0 Å². The molecule has 3 heterocycles. The highest BCUT2D eigenvalue weighted by atomic mass is 19.3. The van der Waals surface area contributed by atoms with Crippen molar-refractivity contribution in [3.8, 4) is 28.4 Å². The number of rotatable bonds is 7. The van der Waals surface area contributed by atoms with Crippen LogP contribution in [0.1, 0.15) is 0 Å². The van der Waals surface area contributed by atoms with Crippen LogP contribution in [0.15, 0.2) is 59.5 Å². The molecule has 0 unspecified atom stereocenters. The van der Waals surface area contributed by atoms with Gasteiger partial charge in [0, 0.05) is 24.7 Å². The summed E-state index contributed by atoms with van der Waals surface area (Å²) in [6.45, 7) is -4.16. The Balaban J connectivity index is 1.74. The van der Waals surface area contributed by atoms with Gasteiger partial charge in [-0.15, -0.1) is 0 Å². The molecule has 0 amide bonds. The van der Waals surface area contributed by atoms with E-state index in [4.69, 9.17) is 4.74 Å². The zero-order valence-electron chi connectivity index (χ0n) is 18.9. The van der Waals surface area contributed by atoms with Gasteiger partial charge in [0.15, 0.2) is 12.4 Å². The summed E-state index contributed by atoms with van der Waals surface area (Å²) in [5, 5.41) is 9.24. The molecule has 5 rings (SSSR count). The van der Waals surface area contributed by atoms with Crippen molar-refractivity contribution in [2.24, 2.45) is 7.05 Å². The first-order chi connectivity index (χ1) is 17.7. The molecular weight excluding hydrogens is 501 g/mol. The molecule has 0 bridgehead atoms. The quantitative estimate of drug-likeness (QED) is 0.291. The van der Waals surface area contributed by atoms with Gasteiger partial charge in [-0.2, -0.15) is 23.7 Å². The molecule has 2 aromatic carbocycles. The molecule has 0 fully saturated rings. The summed E-state index contributed by atoms with van der Waals surface area (Å²) >= 11 is 0. The van der Waals surface area contributed by atoms with Crippen LogP contribution in [0.3, 0.4) is 0 Å². The second-order valence-corrected chi connectivity index (χ2v) is 7.89. The highest BCUT2D eigenvalue weighted by Crippen LogP contribution is 2.29. The Bertz CT molecular complexity index is 1670. The number of alkyl halides is 4. The van der Waals surface area contributed by atoms with E-state index in [-0.39, 0.29) is 27.9 Å². The van der Waals surface area contributed by atoms with Crippen LogP contribution in [0, 0.1) is 5.82 Å². The minimum atomic E-state index is -3.05. The van der Waals surface area contributed by atoms with Crippen LogP contribution in [0.4, 0.5) is 22.0 Å². The molecule has 0 spiro atoms. The number of fused-ring (bicyclic) bond motifs is 2. The zero-order valence-corrected chi connectivity index (χ0v) is 18.9. The van der Waals surface area contributed by atoms with E-state index in [0.717, 1.165) is 10.7 Å². The first-order valence-corrected chi connectivity index (χ1v) is 10.7. The van der Waals surface area contributed by atoms with Crippen molar-refractivity contribution in [3.05, 3.63) is 70.9 Å². The number of halogens is 5. The molecule has 0 N–H and O–H groups in total. The molecule has 0 saturated heterocycles. The number of benzene rings is 2. The first-order valence-electron chi connectivity index (χ1n) is 10.7. The van der Waals surface area contributed by atoms with Crippen molar-refractivity contribution in [1.82, 2.24) is 24.5 Å². The van der Waals surface area contributed by atoms with Gasteiger partial charge in [0.2, 0.25) is 0 Å². The van der Waals surface area contributed by atoms with Gasteiger partial charge in [0.25, 0.3) is 17.9 Å². The number of hydrogen-bond acceptors (Lipinski definition) is 6. The van der Waals surface area contributed by atoms with Crippen molar-refractivity contribution in [2.45, 2.75) is 13.0 Å². The van der Waals surface area contributed by atoms with Crippen LogP contribution in [0.25, 0.3) is 38.8 Å². The van der Waals surface area contributed by atoms with Gasteiger partial charge in [0.1, 0.15) is 16.8 Å². The molecule has 13 heteroatoms. The minimum absolute atomic E-state index is 0.0734. The Labute approximate surface area is 204 Å². The van der Waals surface area contributed by atoms with Gasteiger partial charge >= 0.3 is 6.61 Å². The second kappa shape index (κ2) is 9.48. The van der Waals surface area contributed by atoms with E-state index in [1.807, 2.05) is 0 Å². The van der Waals surface area contributed by atoms with E-state index in [1.165, 1.54) is 24.3 Å². The summed E-state index contributed by atoms with van der Waals surface area (Å²) in [6.07, 6.45) is -1.14. The normalized spacial score (nSPS) is 11.7. The molecule has 3 aromatic heterocycles. The SMILES string of the molecule is Cn1cc2cc(-n3nc4cc(F)c(OCC(F)F)nc4c(-c4ccc(OC(F)F)cc4)c3=O)ccc2n1. The van der Waals surface area contributed by atoms with Crippen LogP contribution < -0.4 is 15.0 Å². The van der Waals surface area contributed by atoms with Crippen molar-refractivity contribution in [3.63, 3.8) is 0 Å². The number of ether oxygens (including phenoxy) is 2. The van der Waals surface area contributed by atoms with Gasteiger partial charge in [-0.3, -0.25) is 9.48 Å². The number of pyridine rings is 1. The van der Waals surface area contributed by atoms with E-state index >= 15 is 0 Å². The molecule has 0 atom stereocenters. The van der Waals surface area contributed by atoms with Crippen molar-refractivity contribution in [2.75, 3.05) is 6.61 Å². The van der Waals surface area contributed by atoms with Gasteiger partial charge in [-0.05, 0) is 35.9 Å². The van der Waals surface area contributed by atoms with Crippen LogP contribution in [0.5, 0.6) is 11.6 Å². The van der Waals surface area contributed by atoms with Crippen LogP contribution >= 0.6 is 0 Å². The Hall–Kier alpha value is -4.55. The molecular formula is C24H16F5N5O3. The molecule has 190 valence electrons.